The molecule has 2 rings (SSSR count). The first kappa shape index (κ1) is 57.7. The zero-order valence-corrected chi connectivity index (χ0v) is 36.2. The number of nitrogens with one attached hydrogen (secondary N) is 6. The van der Waals surface area contributed by atoms with Gasteiger partial charge in [0.05, 0.1) is 26.2 Å². The molecule has 350 valence electrons. The van der Waals surface area contributed by atoms with Crippen LogP contribution in [-0.4, -0.2) is 149 Å². The minimum absolute atomic E-state index is 0.0512. The fourth-order valence-electron chi connectivity index (χ4n) is 5.98. The summed E-state index contributed by atoms with van der Waals surface area (Å²) in [7, 11) is 1.00. The second-order valence-electron chi connectivity index (χ2n) is 14.3. The van der Waals surface area contributed by atoms with Crippen LogP contribution in [0.1, 0.15) is 118 Å². The smallest absolute Gasteiger partial charge is 0.326 e. The highest BCUT2D eigenvalue weighted by Crippen LogP contribution is 2.19. The van der Waals surface area contributed by atoms with Gasteiger partial charge in [0.2, 0.25) is 47.3 Å². The van der Waals surface area contributed by atoms with Gasteiger partial charge in [-0.05, 0) is 38.0 Å². The number of likely N-dealkylation sites (tertiary alicyclic amines) is 1. The number of rotatable bonds is 23. The Bertz CT molecular complexity index is 1400. The van der Waals surface area contributed by atoms with Crippen LogP contribution in [0.25, 0.3) is 0 Å². The maximum absolute atomic E-state index is 12.7. The topological polar surface area (TPSA) is 353 Å². The Hall–Kier alpha value is -5.38. The van der Waals surface area contributed by atoms with E-state index in [-0.39, 0.29) is 51.0 Å². The zero-order valence-electron chi connectivity index (χ0n) is 36.2. The Labute approximate surface area is 357 Å². The number of nitrogens with two attached hydrogens (primary N) is 1. The van der Waals surface area contributed by atoms with E-state index in [1.165, 1.54) is 43.4 Å². The minimum atomic E-state index is -1.56. The SMILES string of the molecule is C1CCCCC1.CC.CC(C)C[C@H](NC(=O)CNC(=O)[C@H](CCC(N)=O)NC(=O)CNC(=O)[C@H](CO)NC(=O)CNC(=O)C1CCCN1C(=O)CCCC(=O)O)C(=O)O.CO. The Morgan fingerprint density at radius 2 is 1.11 bits per heavy atom. The van der Waals surface area contributed by atoms with Crippen molar-refractivity contribution in [2.75, 3.05) is 39.9 Å². The summed E-state index contributed by atoms with van der Waals surface area (Å²) in [6.45, 7) is 4.88. The van der Waals surface area contributed by atoms with Gasteiger partial charge in [-0.1, -0.05) is 66.2 Å². The molecule has 8 amide bonds. The first-order valence-electron chi connectivity index (χ1n) is 20.7. The predicted octanol–water partition coefficient (Wildman–Crippen LogP) is -1.60. The van der Waals surface area contributed by atoms with E-state index >= 15 is 0 Å². The third kappa shape index (κ3) is 27.2. The average Bonchev–Trinajstić information content (AvgIpc) is 3.74. The summed E-state index contributed by atoms with van der Waals surface area (Å²) in [6, 6.07) is -5.01. The number of hydrogen-bond donors (Lipinski definition) is 11. The molecule has 22 heteroatoms. The number of carbonyl (C=O) groups excluding carboxylic acids is 8. The number of nitrogens with zero attached hydrogens (tertiary/aromatic N) is 1. The molecule has 1 unspecified atom stereocenters. The summed E-state index contributed by atoms with van der Waals surface area (Å²) in [6.07, 6.45) is 9.21. The van der Waals surface area contributed by atoms with Crippen molar-refractivity contribution in [2.24, 2.45) is 11.7 Å². The van der Waals surface area contributed by atoms with Crippen LogP contribution in [0.15, 0.2) is 0 Å². The third-order valence-corrected chi connectivity index (χ3v) is 8.93. The molecular formula is C39H70N8O14. The van der Waals surface area contributed by atoms with Gasteiger partial charge in [-0.15, -0.1) is 0 Å². The second-order valence-corrected chi connectivity index (χ2v) is 14.3. The monoisotopic (exact) mass is 875 g/mol. The van der Waals surface area contributed by atoms with Crippen molar-refractivity contribution in [3.05, 3.63) is 0 Å². The average molecular weight is 875 g/mol. The fourth-order valence-corrected chi connectivity index (χ4v) is 5.98. The molecule has 1 heterocycles. The van der Waals surface area contributed by atoms with Gasteiger partial charge in [-0.25, -0.2) is 4.79 Å². The van der Waals surface area contributed by atoms with Crippen molar-refractivity contribution in [2.45, 2.75) is 142 Å². The quantitative estimate of drug-likeness (QED) is 0.0551. The van der Waals surface area contributed by atoms with Crippen LogP contribution < -0.4 is 37.6 Å². The van der Waals surface area contributed by atoms with Gasteiger partial charge in [0.15, 0.2) is 0 Å². The molecule has 61 heavy (non-hydrogen) atoms. The first-order valence-corrected chi connectivity index (χ1v) is 20.7. The molecule has 2 aliphatic rings. The highest BCUT2D eigenvalue weighted by molar-refractivity contribution is 5.95. The molecule has 0 bridgehead atoms. The van der Waals surface area contributed by atoms with Gasteiger partial charge < -0.3 is 63.0 Å². The lowest BCUT2D eigenvalue weighted by molar-refractivity contribution is -0.142. The number of hydrogen-bond acceptors (Lipinski definition) is 12. The van der Waals surface area contributed by atoms with Crippen molar-refractivity contribution in [3.63, 3.8) is 0 Å². The van der Waals surface area contributed by atoms with Gasteiger partial charge in [-0.3, -0.25) is 43.2 Å². The Morgan fingerprint density at radius 3 is 1.56 bits per heavy atom. The lowest BCUT2D eigenvalue weighted by Crippen LogP contribution is -2.55. The molecule has 22 nitrogen and oxygen atoms in total. The Morgan fingerprint density at radius 1 is 0.656 bits per heavy atom. The van der Waals surface area contributed by atoms with Gasteiger partial charge >= 0.3 is 11.9 Å². The van der Waals surface area contributed by atoms with E-state index in [2.05, 4.69) is 31.9 Å². The van der Waals surface area contributed by atoms with Gasteiger partial charge in [-0.2, -0.15) is 0 Å². The van der Waals surface area contributed by atoms with Crippen LogP contribution in [0.4, 0.5) is 0 Å². The molecule has 0 aromatic carbocycles. The lowest BCUT2D eigenvalue weighted by Gasteiger charge is -2.24. The molecule has 1 aliphatic heterocycles. The van der Waals surface area contributed by atoms with Crippen molar-refractivity contribution in [1.82, 2.24) is 36.8 Å². The summed E-state index contributed by atoms with van der Waals surface area (Å²) >= 11 is 0. The first-order chi connectivity index (χ1) is 28.9. The van der Waals surface area contributed by atoms with Gasteiger partial charge in [0.25, 0.3) is 0 Å². The Balaban J connectivity index is 0. The van der Waals surface area contributed by atoms with Crippen LogP contribution >= 0.6 is 0 Å². The Kier molecular flexibility index (Phi) is 32.5. The number of aliphatic hydroxyl groups is 2. The largest absolute Gasteiger partial charge is 0.481 e. The van der Waals surface area contributed by atoms with Crippen LogP contribution in [-0.2, 0) is 47.9 Å². The van der Waals surface area contributed by atoms with Crippen LogP contribution in [0.2, 0.25) is 0 Å². The summed E-state index contributed by atoms with van der Waals surface area (Å²) in [4.78, 5) is 122. The highest BCUT2D eigenvalue weighted by atomic mass is 16.4. The number of carboxylic acid groups (broad SMARTS) is 2. The number of aliphatic hydroxyl groups excluding tert-OH is 2. The summed E-state index contributed by atoms with van der Waals surface area (Å²) in [5.41, 5.74) is 5.14. The molecule has 4 atom stereocenters. The number of aliphatic carboxylic acids is 2. The lowest BCUT2D eigenvalue weighted by atomic mass is 10.0. The van der Waals surface area contributed by atoms with Crippen molar-refractivity contribution in [3.8, 4) is 0 Å². The van der Waals surface area contributed by atoms with Crippen LogP contribution in [0.5, 0.6) is 0 Å². The van der Waals surface area contributed by atoms with Crippen molar-refractivity contribution in [1.29, 1.82) is 0 Å². The normalized spacial score (nSPS) is 15.5. The molecule has 1 saturated carbocycles. The zero-order chi connectivity index (χ0) is 46.9. The van der Waals surface area contributed by atoms with Crippen LogP contribution in [0.3, 0.4) is 0 Å². The van der Waals surface area contributed by atoms with E-state index in [1.54, 1.807) is 13.8 Å². The third-order valence-electron chi connectivity index (χ3n) is 8.93. The standard InChI is InChI=1S/C30H48N8O13.C6H12.C2H6.CH4O/c1-16(2)11-18(30(50)51)36-23(42)13-32-27(47)17(8-9-21(31)40)35-22(41)12-33-28(48)19(15-39)37-24(43)14-34-29(49)20-5-4-10-38(20)25(44)6-3-7-26(45)46;1-2-4-6-5-3-1;2*1-2/h16-20,39H,3-15H2,1-2H3,(H2,31,40)(H,32,47)(H,33,48)(H,34,49)(H,35,41)(H,36,42)(H,37,43)(H,45,46)(H,50,51);1-6H2;1-2H3;2H,1H3/t17-,18-,19-,20?;;;/m0.../s1. The minimum Gasteiger partial charge on any atom is -0.481 e. The molecular weight excluding hydrogens is 804 g/mol. The van der Waals surface area contributed by atoms with Crippen molar-refractivity contribution < 1.29 is 68.4 Å². The van der Waals surface area contributed by atoms with E-state index in [9.17, 15) is 58.2 Å². The maximum atomic E-state index is 12.7. The number of carboxylic acids is 2. The van der Waals surface area contributed by atoms with Gasteiger partial charge in [0.1, 0.15) is 24.2 Å². The van der Waals surface area contributed by atoms with E-state index in [0.717, 1.165) is 7.11 Å². The second kappa shape index (κ2) is 34.3. The summed E-state index contributed by atoms with van der Waals surface area (Å²) < 4.78 is 0. The summed E-state index contributed by atoms with van der Waals surface area (Å²) in [5, 5.41) is 48.1. The molecule has 2 fully saturated rings. The number of amides is 8. The summed E-state index contributed by atoms with van der Waals surface area (Å²) in [5.74, 6) is -8.75. The molecule has 1 aliphatic carbocycles. The van der Waals surface area contributed by atoms with E-state index < -0.39 is 110 Å². The number of primary amides is 1. The van der Waals surface area contributed by atoms with E-state index in [4.69, 9.17) is 15.9 Å². The van der Waals surface area contributed by atoms with Crippen LogP contribution in [0, 0.1) is 5.92 Å². The molecule has 0 aromatic heterocycles. The van der Waals surface area contributed by atoms with E-state index in [0.29, 0.717) is 12.8 Å². The van der Waals surface area contributed by atoms with Crippen molar-refractivity contribution >= 4 is 59.2 Å². The molecule has 12 N–H and O–H groups in total. The predicted molar refractivity (Wildman–Crippen MR) is 221 cm³/mol. The van der Waals surface area contributed by atoms with Gasteiger partial charge in [0, 0.05) is 32.9 Å². The molecule has 1 saturated heterocycles. The molecule has 0 aromatic rings. The molecule has 0 spiro atoms. The molecule has 0 radical (unpaired) electrons. The fraction of sp³-hybridized carbons (Fsp3) is 0.744. The van der Waals surface area contributed by atoms with E-state index in [1.807, 2.05) is 13.8 Å². The maximum Gasteiger partial charge on any atom is 0.326 e. The number of carbonyl (C=O) groups is 10. The highest BCUT2D eigenvalue weighted by Gasteiger charge is 2.34.